The number of amides is 1. The van der Waals surface area contributed by atoms with E-state index in [0.29, 0.717) is 10.7 Å². The van der Waals surface area contributed by atoms with Crippen LogP contribution in [0.25, 0.3) is 10.9 Å². The third-order valence-corrected chi connectivity index (χ3v) is 4.36. The molecule has 2 atom stereocenters. The second kappa shape index (κ2) is 8.20. The third kappa shape index (κ3) is 4.45. The number of carbonyl (C=O) groups excluding carboxylic acids is 2. The molecule has 0 aliphatic heterocycles. The van der Waals surface area contributed by atoms with Crippen LogP contribution in [0.1, 0.15) is 16.1 Å². The van der Waals surface area contributed by atoms with Crippen LogP contribution < -0.4 is 5.32 Å². The monoisotopic (exact) mass is 387 g/mol. The predicted molar refractivity (Wildman–Crippen MR) is 101 cm³/mol. The van der Waals surface area contributed by atoms with Gasteiger partial charge in [0, 0.05) is 5.39 Å². The topological polar surface area (TPSA) is 104 Å². The summed E-state index contributed by atoms with van der Waals surface area (Å²) >= 11 is 5.86. The number of aliphatic hydroxyl groups excluding tert-OH is 1. The molecule has 0 fully saturated rings. The van der Waals surface area contributed by atoms with E-state index in [4.69, 9.17) is 11.6 Å². The van der Waals surface area contributed by atoms with E-state index in [0.717, 1.165) is 10.9 Å². The molecule has 3 aromatic rings. The zero-order chi connectivity index (χ0) is 19.4. The number of aromatic nitrogens is 2. The summed E-state index contributed by atoms with van der Waals surface area (Å²) in [5.41, 5.74) is 1.78. The Balaban J connectivity index is 1.82. The van der Waals surface area contributed by atoms with Gasteiger partial charge in [0.1, 0.15) is 10.8 Å². The fourth-order valence-corrected chi connectivity index (χ4v) is 2.93. The average molecular weight is 388 g/mol. The Morgan fingerprint density at radius 3 is 2.74 bits per heavy atom. The number of nitrogens with zero attached hydrogens (tertiary/aromatic N) is 1. The zero-order valence-electron chi connectivity index (χ0n) is 14.5. The number of ether oxygens (including phenoxy) is 1. The lowest BCUT2D eigenvalue weighted by molar-refractivity contribution is -0.151. The normalized spacial score (nSPS) is 13.1. The molecule has 8 heteroatoms. The van der Waals surface area contributed by atoms with E-state index >= 15 is 0 Å². The van der Waals surface area contributed by atoms with Crippen molar-refractivity contribution in [3.8, 4) is 0 Å². The fraction of sp³-hybridized carbons (Fsp3) is 0.211. The highest BCUT2D eigenvalue weighted by atomic mass is 35.5. The van der Waals surface area contributed by atoms with Crippen LogP contribution in [0.15, 0.2) is 48.7 Å². The molecule has 1 aromatic carbocycles. The van der Waals surface area contributed by atoms with E-state index in [1.165, 1.54) is 13.3 Å². The highest BCUT2D eigenvalue weighted by molar-refractivity contribution is 6.30. The molecule has 0 radical (unpaired) electrons. The van der Waals surface area contributed by atoms with Crippen molar-refractivity contribution in [1.82, 2.24) is 15.3 Å². The van der Waals surface area contributed by atoms with E-state index in [2.05, 4.69) is 20.0 Å². The van der Waals surface area contributed by atoms with E-state index in [-0.39, 0.29) is 12.1 Å². The van der Waals surface area contributed by atoms with Gasteiger partial charge >= 0.3 is 5.97 Å². The van der Waals surface area contributed by atoms with Crippen LogP contribution in [-0.4, -0.2) is 46.2 Å². The Morgan fingerprint density at radius 2 is 2.04 bits per heavy atom. The molecular weight excluding hydrogens is 370 g/mol. The summed E-state index contributed by atoms with van der Waals surface area (Å²) in [6.07, 6.45) is 0.287. The summed E-state index contributed by atoms with van der Waals surface area (Å²) in [6.45, 7) is 0. The highest BCUT2D eigenvalue weighted by Crippen LogP contribution is 2.18. The first-order valence-electron chi connectivity index (χ1n) is 8.23. The summed E-state index contributed by atoms with van der Waals surface area (Å²) in [5.74, 6) is -1.28. The number of esters is 1. The van der Waals surface area contributed by atoms with Crippen LogP contribution in [0, 0.1) is 0 Å². The lowest BCUT2D eigenvalue weighted by atomic mass is 10.0. The van der Waals surface area contributed by atoms with Crippen molar-refractivity contribution < 1.29 is 19.4 Å². The van der Waals surface area contributed by atoms with Crippen molar-refractivity contribution in [2.24, 2.45) is 0 Å². The van der Waals surface area contributed by atoms with Crippen LogP contribution in [0.4, 0.5) is 0 Å². The van der Waals surface area contributed by atoms with Crippen LogP contribution in [0.5, 0.6) is 0 Å². The first kappa shape index (κ1) is 18.9. The molecule has 3 rings (SSSR count). The molecule has 140 valence electrons. The number of fused-ring (bicyclic) bond motifs is 1. The molecule has 2 heterocycles. The molecule has 2 aromatic heterocycles. The molecule has 0 aliphatic rings. The lowest BCUT2D eigenvalue weighted by Crippen LogP contribution is -2.48. The summed E-state index contributed by atoms with van der Waals surface area (Å²) in [4.78, 5) is 31.3. The van der Waals surface area contributed by atoms with Crippen molar-refractivity contribution in [1.29, 1.82) is 0 Å². The SMILES string of the molecule is COC(=O)[C@@H](O)C(Cc1ccccc1)NC(=O)c1cc2cc(Cl)ncc2[nH]1. The van der Waals surface area contributed by atoms with Gasteiger partial charge in [-0.15, -0.1) is 0 Å². The fourth-order valence-electron chi connectivity index (χ4n) is 2.77. The Bertz CT molecular complexity index is 958. The maximum atomic E-state index is 12.7. The number of halogens is 1. The van der Waals surface area contributed by atoms with Crippen molar-refractivity contribution in [3.05, 3.63) is 65.1 Å². The molecule has 0 saturated carbocycles. The van der Waals surface area contributed by atoms with Crippen LogP contribution >= 0.6 is 11.6 Å². The summed E-state index contributed by atoms with van der Waals surface area (Å²) in [5, 5.41) is 14.0. The number of hydrogen-bond donors (Lipinski definition) is 3. The number of hydrogen-bond acceptors (Lipinski definition) is 5. The van der Waals surface area contributed by atoms with Gasteiger partial charge < -0.3 is 20.1 Å². The number of benzene rings is 1. The largest absolute Gasteiger partial charge is 0.467 e. The summed E-state index contributed by atoms with van der Waals surface area (Å²) in [6, 6.07) is 11.6. The van der Waals surface area contributed by atoms with Gasteiger partial charge in [0.05, 0.1) is 24.9 Å². The van der Waals surface area contributed by atoms with Gasteiger partial charge in [0.2, 0.25) is 0 Å². The minimum atomic E-state index is -1.50. The highest BCUT2D eigenvalue weighted by Gasteiger charge is 2.29. The molecule has 27 heavy (non-hydrogen) atoms. The molecule has 0 spiro atoms. The van der Waals surface area contributed by atoms with Crippen molar-refractivity contribution >= 4 is 34.4 Å². The Kier molecular flexibility index (Phi) is 5.73. The number of aliphatic hydroxyl groups is 1. The van der Waals surface area contributed by atoms with E-state index in [9.17, 15) is 14.7 Å². The van der Waals surface area contributed by atoms with Gasteiger partial charge in [-0.25, -0.2) is 9.78 Å². The first-order valence-corrected chi connectivity index (χ1v) is 8.60. The quantitative estimate of drug-likeness (QED) is 0.444. The van der Waals surface area contributed by atoms with E-state index in [1.54, 1.807) is 12.1 Å². The number of nitrogens with one attached hydrogen (secondary N) is 2. The standard InChI is InChI=1S/C19H18ClN3O4/c1-27-19(26)17(24)13(7-11-5-3-2-4-6-11)23-18(25)14-8-12-9-16(20)21-10-15(12)22-14/h2-6,8-10,13,17,22,24H,7H2,1H3,(H,23,25)/t13?,17-/m0/s1. The van der Waals surface area contributed by atoms with E-state index < -0.39 is 24.0 Å². The second-order valence-corrected chi connectivity index (χ2v) is 6.40. The minimum absolute atomic E-state index is 0.260. The van der Waals surface area contributed by atoms with Crippen molar-refractivity contribution in [2.75, 3.05) is 7.11 Å². The van der Waals surface area contributed by atoms with Crippen molar-refractivity contribution in [2.45, 2.75) is 18.6 Å². The zero-order valence-corrected chi connectivity index (χ0v) is 15.2. The van der Waals surface area contributed by atoms with Crippen LogP contribution in [0.2, 0.25) is 5.15 Å². The Morgan fingerprint density at radius 1 is 1.30 bits per heavy atom. The number of aromatic amines is 1. The molecule has 3 N–H and O–H groups in total. The predicted octanol–water partition coefficient (Wildman–Crippen LogP) is 2.09. The summed E-state index contributed by atoms with van der Waals surface area (Å²) < 4.78 is 4.61. The molecule has 0 bridgehead atoms. The average Bonchev–Trinajstić information content (AvgIpc) is 3.10. The smallest absolute Gasteiger partial charge is 0.336 e. The Labute approximate surface area is 160 Å². The minimum Gasteiger partial charge on any atom is -0.467 e. The maximum absolute atomic E-state index is 12.7. The van der Waals surface area contributed by atoms with Gasteiger partial charge in [-0.2, -0.15) is 0 Å². The van der Waals surface area contributed by atoms with Crippen molar-refractivity contribution in [3.63, 3.8) is 0 Å². The van der Waals surface area contributed by atoms with Gasteiger partial charge in [-0.1, -0.05) is 41.9 Å². The van der Waals surface area contributed by atoms with Crippen LogP contribution in [-0.2, 0) is 16.0 Å². The Hall–Kier alpha value is -2.90. The van der Waals surface area contributed by atoms with E-state index in [1.807, 2.05) is 30.3 Å². The first-order chi connectivity index (χ1) is 13.0. The van der Waals surface area contributed by atoms with Gasteiger partial charge in [-0.05, 0) is 24.1 Å². The maximum Gasteiger partial charge on any atom is 0.336 e. The van der Waals surface area contributed by atoms with Gasteiger partial charge in [0.15, 0.2) is 6.10 Å². The molecule has 0 aliphatic carbocycles. The number of pyridine rings is 1. The summed E-state index contributed by atoms with van der Waals surface area (Å²) in [7, 11) is 1.18. The number of rotatable bonds is 6. The van der Waals surface area contributed by atoms with Gasteiger partial charge in [0.25, 0.3) is 5.91 Å². The third-order valence-electron chi connectivity index (χ3n) is 4.16. The molecule has 0 saturated heterocycles. The molecule has 7 nitrogen and oxygen atoms in total. The molecule has 1 amide bonds. The number of carbonyl (C=O) groups is 2. The van der Waals surface area contributed by atoms with Gasteiger partial charge in [-0.3, -0.25) is 4.79 Å². The lowest BCUT2D eigenvalue weighted by Gasteiger charge is -2.22. The van der Waals surface area contributed by atoms with Crippen LogP contribution in [0.3, 0.4) is 0 Å². The number of H-pyrrole nitrogens is 1. The number of methoxy groups -OCH3 is 1. The second-order valence-electron chi connectivity index (χ2n) is 6.01. The molecule has 1 unspecified atom stereocenters. The molecular formula is C19H18ClN3O4.